The molecule has 19 heavy (non-hydrogen) atoms. The van der Waals surface area contributed by atoms with E-state index in [9.17, 15) is 13.2 Å². The minimum atomic E-state index is -4.42. The van der Waals surface area contributed by atoms with Crippen molar-refractivity contribution in [3.63, 3.8) is 0 Å². The van der Waals surface area contributed by atoms with Crippen LogP contribution in [0, 0.1) is 0 Å². The number of alkyl halides is 3. The van der Waals surface area contributed by atoms with Crippen LogP contribution in [0.15, 0.2) is 29.4 Å². The second-order valence-corrected chi connectivity index (χ2v) is 3.76. The Morgan fingerprint density at radius 2 is 1.95 bits per heavy atom. The van der Waals surface area contributed by atoms with Crippen molar-refractivity contribution in [3.8, 4) is 0 Å². The summed E-state index contributed by atoms with van der Waals surface area (Å²) >= 11 is 0. The molecular formula is C11H14F3N3O2. The number of anilines is 1. The molecule has 0 heterocycles. The Morgan fingerprint density at radius 3 is 2.47 bits per heavy atom. The lowest BCUT2D eigenvalue weighted by molar-refractivity contribution is -0.119. The summed E-state index contributed by atoms with van der Waals surface area (Å²) in [7, 11) is 0. The van der Waals surface area contributed by atoms with E-state index < -0.39 is 19.3 Å². The fourth-order valence-corrected chi connectivity index (χ4v) is 1.64. The van der Waals surface area contributed by atoms with E-state index in [1.54, 1.807) is 6.07 Å². The Bertz CT molecular complexity index is 449. The van der Waals surface area contributed by atoms with Crippen LogP contribution in [0.25, 0.3) is 0 Å². The van der Waals surface area contributed by atoms with Gasteiger partial charge in [-0.15, -0.1) is 0 Å². The quantitative estimate of drug-likeness (QED) is 0.326. The normalized spacial score (nSPS) is 12.5. The second-order valence-electron chi connectivity index (χ2n) is 3.76. The number of halogens is 3. The van der Waals surface area contributed by atoms with Crippen LogP contribution in [0.3, 0.4) is 0 Å². The molecule has 0 aliphatic heterocycles. The van der Waals surface area contributed by atoms with Crippen molar-refractivity contribution in [2.75, 3.05) is 24.6 Å². The Morgan fingerprint density at radius 1 is 1.32 bits per heavy atom. The lowest BCUT2D eigenvalue weighted by atomic mass is 10.1. The van der Waals surface area contributed by atoms with Crippen molar-refractivity contribution in [2.45, 2.75) is 6.18 Å². The van der Waals surface area contributed by atoms with E-state index >= 15 is 0 Å². The van der Waals surface area contributed by atoms with Gasteiger partial charge in [-0.3, -0.25) is 0 Å². The lowest BCUT2D eigenvalue weighted by Gasteiger charge is -2.27. The minimum Gasteiger partial charge on any atom is -0.409 e. The van der Waals surface area contributed by atoms with Gasteiger partial charge in [0.2, 0.25) is 0 Å². The number of hydrogen-bond acceptors (Lipinski definition) is 4. The molecule has 1 aromatic carbocycles. The van der Waals surface area contributed by atoms with Gasteiger partial charge in [-0.25, -0.2) is 0 Å². The van der Waals surface area contributed by atoms with Gasteiger partial charge in [-0.1, -0.05) is 17.3 Å². The van der Waals surface area contributed by atoms with Crippen LogP contribution >= 0.6 is 0 Å². The molecular weight excluding hydrogens is 263 g/mol. The first-order chi connectivity index (χ1) is 8.89. The monoisotopic (exact) mass is 277 g/mol. The van der Waals surface area contributed by atoms with Gasteiger partial charge in [0, 0.05) is 17.8 Å². The molecule has 1 rings (SSSR count). The number of aliphatic hydroxyl groups excluding tert-OH is 1. The zero-order valence-corrected chi connectivity index (χ0v) is 9.93. The fourth-order valence-electron chi connectivity index (χ4n) is 1.64. The van der Waals surface area contributed by atoms with Gasteiger partial charge in [0.15, 0.2) is 5.84 Å². The predicted molar refractivity (Wildman–Crippen MR) is 64.3 cm³/mol. The number of rotatable bonds is 5. The molecule has 0 atom stereocenters. The second kappa shape index (κ2) is 6.28. The fraction of sp³-hybridized carbons (Fsp3) is 0.364. The van der Waals surface area contributed by atoms with Crippen LogP contribution in [0.1, 0.15) is 5.56 Å². The number of amidine groups is 1. The number of oxime groups is 1. The lowest BCUT2D eigenvalue weighted by Crippen LogP contribution is -2.37. The third-order valence-electron chi connectivity index (χ3n) is 2.37. The Balaban J connectivity index is 3.15. The molecule has 0 aliphatic rings. The predicted octanol–water partition coefficient (Wildman–Crippen LogP) is 1.14. The molecule has 0 unspecified atom stereocenters. The van der Waals surface area contributed by atoms with Crippen LogP contribution in [-0.2, 0) is 0 Å². The molecule has 0 spiro atoms. The van der Waals surface area contributed by atoms with Crippen LogP contribution in [0.2, 0.25) is 0 Å². The summed E-state index contributed by atoms with van der Waals surface area (Å²) in [5.74, 6) is -0.291. The number of nitrogens with zero attached hydrogens (tertiary/aromatic N) is 2. The summed E-state index contributed by atoms with van der Waals surface area (Å²) in [6.45, 7) is -1.89. The highest BCUT2D eigenvalue weighted by atomic mass is 19.4. The summed E-state index contributed by atoms with van der Waals surface area (Å²) in [5.41, 5.74) is 5.73. The zero-order chi connectivity index (χ0) is 14.5. The number of aliphatic hydroxyl groups is 1. The summed E-state index contributed by atoms with van der Waals surface area (Å²) < 4.78 is 37.5. The summed E-state index contributed by atoms with van der Waals surface area (Å²) in [6, 6.07) is 5.94. The van der Waals surface area contributed by atoms with E-state index in [0.29, 0.717) is 0 Å². The highest BCUT2D eigenvalue weighted by Gasteiger charge is 2.31. The molecule has 0 aliphatic carbocycles. The van der Waals surface area contributed by atoms with Crippen molar-refractivity contribution in [1.29, 1.82) is 0 Å². The largest absolute Gasteiger partial charge is 0.409 e. The third kappa shape index (κ3) is 4.32. The Hall–Kier alpha value is -1.96. The highest BCUT2D eigenvalue weighted by molar-refractivity contribution is 6.02. The van der Waals surface area contributed by atoms with Crippen molar-refractivity contribution >= 4 is 11.5 Å². The molecule has 0 saturated carbocycles. The van der Waals surface area contributed by atoms with Crippen molar-refractivity contribution in [1.82, 2.24) is 0 Å². The molecule has 4 N–H and O–H groups in total. The van der Waals surface area contributed by atoms with Gasteiger partial charge in [0.25, 0.3) is 0 Å². The first-order valence-corrected chi connectivity index (χ1v) is 5.38. The van der Waals surface area contributed by atoms with E-state index in [1.807, 2.05) is 0 Å². The number of benzene rings is 1. The summed E-state index contributed by atoms with van der Waals surface area (Å²) in [5, 5.41) is 20.3. The molecule has 5 nitrogen and oxygen atoms in total. The van der Waals surface area contributed by atoms with Crippen LogP contribution in [-0.4, -0.2) is 42.0 Å². The van der Waals surface area contributed by atoms with Gasteiger partial charge < -0.3 is 20.9 Å². The number of nitrogens with two attached hydrogens (primary N) is 1. The zero-order valence-electron chi connectivity index (χ0n) is 9.93. The maximum atomic E-state index is 12.5. The Kier molecular flexibility index (Phi) is 4.99. The molecule has 0 amide bonds. The van der Waals surface area contributed by atoms with Gasteiger partial charge >= 0.3 is 6.18 Å². The van der Waals surface area contributed by atoms with Gasteiger partial charge in [-0.05, 0) is 12.1 Å². The summed E-state index contributed by atoms with van der Waals surface area (Å²) in [6.07, 6.45) is -4.42. The molecule has 0 bridgehead atoms. The van der Waals surface area contributed by atoms with Gasteiger partial charge in [0.1, 0.15) is 6.54 Å². The first-order valence-electron chi connectivity index (χ1n) is 5.38. The molecule has 0 fully saturated rings. The minimum absolute atomic E-state index is 0.143. The average Bonchev–Trinajstić information content (AvgIpc) is 2.36. The molecule has 0 radical (unpaired) electrons. The van der Waals surface area contributed by atoms with Crippen molar-refractivity contribution < 1.29 is 23.5 Å². The van der Waals surface area contributed by atoms with Crippen molar-refractivity contribution in [3.05, 3.63) is 29.8 Å². The number of hydrogen-bond donors (Lipinski definition) is 3. The molecule has 8 heteroatoms. The van der Waals surface area contributed by atoms with Gasteiger partial charge in [-0.2, -0.15) is 13.2 Å². The first kappa shape index (κ1) is 15.1. The number of para-hydroxylation sites is 1. The van der Waals surface area contributed by atoms with E-state index in [0.717, 1.165) is 4.90 Å². The summed E-state index contributed by atoms with van der Waals surface area (Å²) in [4.78, 5) is 0.924. The maximum Gasteiger partial charge on any atom is 0.405 e. The standard InChI is InChI=1S/C11H14F3N3O2/c12-11(13,14)7-17(5-6-18)9-4-2-1-3-8(9)10(15)16-19/h1-4,18-19H,5-7H2,(H2,15,16). The van der Waals surface area contributed by atoms with Crippen LogP contribution in [0.5, 0.6) is 0 Å². The van der Waals surface area contributed by atoms with E-state index in [2.05, 4.69) is 5.16 Å². The third-order valence-corrected chi connectivity index (χ3v) is 2.37. The average molecular weight is 277 g/mol. The van der Waals surface area contributed by atoms with E-state index in [-0.39, 0.29) is 23.6 Å². The molecule has 1 aromatic rings. The molecule has 0 saturated heterocycles. The van der Waals surface area contributed by atoms with Crippen LogP contribution < -0.4 is 10.6 Å². The Labute approximate surface area is 107 Å². The highest BCUT2D eigenvalue weighted by Crippen LogP contribution is 2.25. The van der Waals surface area contributed by atoms with Crippen LogP contribution in [0.4, 0.5) is 18.9 Å². The molecule has 106 valence electrons. The smallest absolute Gasteiger partial charge is 0.405 e. The van der Waals surface area contributed by atoms with Crippen molar-refractivity contribution in [2.24, 2.45) is 10.9 Å². The van der Waals surface area contributed by atoms with E-state index in [4.69, 9.17) is 16.0 Å². The van der Waals surface area contributed by atoms with Gasteiger partial charge in [0.05, 0.1) is 6.61 Å². The SMILES string of the molecule is N/C(=N/O)c1ccccc1N(CCO)CC(F)(F)F. The van der Waals surface area contributed by atoms with E-state index in [1.165, 1.54) is 18.2 Å². The molecule has 0 aromatic heterocycles. The topological polar surface area (TPSA) is 82.1 Å². The maximum absolute atomic E-state index is 12.5.